The smallest absolute Gasteiger partial charge is 0.314 e. The second-order valence-corrected chi connectivity index (χ2v) is 4.43. The summed E-state index contributed by atoms with van der Waals surface area (Å²) >= 11 is 0. The van der Waals surface area contributed by atoms with Crippen molar-refractivity contribution in [3.8, 4) is 11.5 Å². The maximum absolute atomic E-state index is 13.9. The summed E-state index contributed by atoms with van der Waals surface area (Å²) in [6, 6.07) is 4.01. The number of alkyl halides is 2. The van der Waals surface area contributed by atoms with Gasteiger partial charge >= 0.3 is 6.43 Å². The highest BCUT2D eigenvalue weighted by Gasteiger charge is 2.18. The lowest BCUT2D eigenvalue weighted by Gasteiger charge is -2.15. The highest BCUT2D eigenvalue weighted by atomic mass is 19.3. The molecule has 0 saturated heterocycles. The van der Waals surface area contributed by atoms with Crippen molar-refractivity contribution in [2.24, 2.45) is 0 Å². The second-order valence-electron chi connectivity index (χ2n) is 4.43. The maximum atomic E-state index is 13.9. The van der Waals surface area contributed by atoms with Crippen molar-refractivity contribution in [1.29, 1.82) is 0 Å². The number of hydrogen-bond donors (Lipinski definition) is 0. The van der Waals surface area contributed by atoms with Crippen LogP contribution in [0.25, 0.3) is 11.5 Å². The minimum absolute atomic E-state index is 0.105. The average molecular weight is 299 g/mol. The van der Waals surface area contributed by atoms with Crippen molar-refractivity contribution < 1.29 is 22.4 Å². The molecule has 21 heavy (non-hydrogen) atoms. The van der Waals surface area contributed by atoms with Crippen LogP contribution in [0.15, 0.2) is 22.6 Å². The van der Waals surface area contributed by atoms with Crippen LogP contribution in [0.1, 0.15) is 24.8 Å². The molecular weight excluding hydrogens is 287 g/mol. The molecule has 2 rings (SSSR count). The molecule has 1 aromatic carbocycles. The molecule has 112 valence electrons. The van der Waals surface area contributed by atoms with Crippen LogP contribution in [0, 0.1) is 5.82 Å². The zero-order chi connectivity index (χ0) is 15.6. The van der Waals surface area contributed by atoms with Crippen LogP contribution >= 0.6 is 0 Å². The Hall–Kier alpha value is -2.38. The largest absolute Gasteiger partial charge is 0.415 e. The number of aromatic nitrogens is 2. The van der Waals surface area contributed by atoms with E-state index in [1.807, 2.05) is 0 Å². The van der Waals surface area contributed by atoms with E-state index in [0.29, 0.717) is 5.56 Å². The molecule has 0 atom stereocenters. The molecule has 0 unspecified atom stereocenters. The van der Waals surface area contributed by atoms with E-state index in [9.17, 15) is 18.0 Å². The van der Waals surface area contributed by atoms with Crippen LogP contribution < -0.4 is 0 Å². The van der Waals surface area contributed by atoms with Gasteiger partial charge in [0.1, 0.15) is 5.82 Å². The lowest BCUT2D eigenvalue weighted by molar-refractivity contribution is -0.128. The number of halogens is 3. The molecule has 0 radical (unpaired) electrons. The summed E-state index contributed by atoms with van der Waals surface area (Å²) < 4.78 is 43.4. The number of benzene rings is 1. The standard InChI is InChI=1S/C13H12F3N3O2/c1-7(20)19(2)6-9-4-3-8(5-10(9)14)12-17-18-13(21-12)11(15)16/h3-5,11H,6H2,1-2H3. The Morgan fingerprint density at radius 1 is 1.38 bits per heavy atom. The third kappa shape index (κ3) is 3.39. The first-order valence-corrected chi connectivity index (χ1v) is 6.00. The fourth-order valence-electron chi connectivity index (χ4n) is 1.61. The summed E-state index contributed by atoms with van der Waals surface area (Å²) in [5.41, 5.74) is 0.492. The zero-order valence-corrected chi connectivity index (χ0v) is 11.3. The van der Waals surface area contributed by atoms with Crippen LogP contribution in [-0.2, 0) is 11.3 Å². The van der Waals surface area contributed by atoms with E-state index >= 15 is 0 Å². The first-order chi connectivity index (χ1) is 9.88. The topological polar surface area (TPSA) is 59.2 Å². The fraction of sp³-hybridized carbons (Fsp3) is 0.308. The molecule has 2 aromatic rings. The van der Waals surface area contributed by atoms with Crippen molar-refractivity contribution in [2.45, 2.75) is 19.9 Å². The number of amides is 1. The normalized spacial score (nSPS) is 11.0. The van der Waals surface area contributed by atoms with Gasteiger partial charge in [-0.05, 0) is 12.1 Å². The van der Waals surface area contributed by atoms with Gasteiger partial charge in [0.05, 0.1) is 0 Å². The summed E-state index contributed by atoms with van der Waals surface area (Å²) in [6.07, 6.45) is -2.88. The fourth-order valence-corrected chi connectivity index (χ4v) is 1.61. The van der Waals surface area contributed by atoms with Gasteiger partial charge in [-0.3, -0.25) is 4.79 Å². The predicted molar refractivity (Wildman–Crippen MR) is 66.8 cm³/mol. The summed E-state index contributed by atoms with van der Waals surface area (Å²) in [6.45, 7) is 1.48. The number of carbonyl (C=O) groups is 1. The van der Waals surface area contributed by atoms with Gasteiger partial charge < -0.3 is 9.32 Å². The highest BCUT2D eigenvalue weighted by Crippen LogP contribution is 2.25. The van der Waals surface area contributed by atoms with E-state index in [1.54, 1.807) is 7.05 Å². The van der Waals surface area contributed by atoms with Gasteiger partial charge in [-0.2, -0.15) is 8.78 Å². The van der Waals surface area contributed by atoms with E-state index in [0.717, 1.165) is 6.07 Å². The Bertz CT molecular complexity index is 658. The molecule has 8 heteroatoms. The highest BCUT2D eigenvalue weighted by molar-refractivity contribution is 5.72. The van der Waals surface area contributed by atoms with Crippen LogP contribution in [0.3, 0.4) is 0 Å². The molecule has 1 amide bonds. The summed E-state index contributed by atoms with van der Waals surface area (Å²) in [4.78, 5) is 12.5. The van der Waals surface area contributed by atoms with Crippen LogP contribution in [0.5, 0.6) is 0 Å². The van der Waals surface area contributed by atoms with E-state index in [1.165, 1.54) is 24.0 Å². The molecular formula is C13H12F3N3O2. The van der Waals surface area contributed by atoms with Gasteiger partial charge in [-0.25, -0.2) is 4.39 Å². The Labute approximate surface area is 118 Å². The number of nitrogens with zero attached hydrogens (tertiary/aromatic N) is 3. The van der Waals surface area contributed by atoms with Gasteiger partial charge in [-0.15, -0.1) is 10.2 Å². The van der Waals surface area contributed by atoms with E-state index in [-0.39, 0.29) is 23.9 Å². The number of rotatable bonds is 4. The van der Waals surface area contributed by atoms with Gasteiger partial charge in [0, 0.05) is 31.6 Å². The predicted octanol–water partition coefficient (Wildman–Crippen LogP) is 2.79. The molecule has 0 fully saturated rings. The quantitative estimate of drug-likeness (QED) is 0.871. The maximum Gasteiger partial charge on any atom is 0.314 e. The molecule has 1 heterocycles. The first kappa shape index (κ1) is 15.0. The molecule has 0 saturated carbocycles. The Morgan fingerprint density at radius 2 is 2.10 bits per heavy atom. The lowest BCUT2D eigenvalue weighted by atomic mass is 10.1. The van der Waals surface area contributed by atoms with Gasteiger partial charge in [0.2, 0.25) is 11.8 Å². The Balaban J connectivity index is 2.23. The molecule has 0 aliphatic carbocycles. The van der Waals surface area contributed by atoms with Crippen molar-refractivity contribution in [1.82, 2.24) is 15.1 Å². The summed E-state index contributed by atoms with van der Waals surface area (Å²) in [5.74, 6) is -1.78. The summed E-state index contributed by atoms with van der Waals surface area (Å²) in [7, 11) is 1.54. The van der Waals surface area contributed by atoms with E-state index in [2.05, 4.69) is 10.2 Å². The Kier molecular flexibility index (Phi) is 4.25. The van der Waals surface area contributed by atoms with Crippen LogP contribution in [0.4, 0.5) is 13.2 Å². The van der Waals surface area contributed by atoms with E-state index < -0.39 is 18.1 Å². The second kappa shape index (κ2) is 5.94. The molecule has 0 N–H and O–H groups in total. The van der Waals surface area contributed by atoms with Crippen LogP contribution in [0.2, 0.25) is 0 Å². The first-order valence-electron chi connectivity index (χ1n) is 6.00. The average Bonchev–Trinajstić information content (AvgIpc) is 2.90. The van der Waals surface area contributed by atoms with Gasteiger partial charge in [0.15, 0.2) is 0 Å². The molecule has 5 nitrogen and oxygen atoms in total. The Morgan fingerprint density at radius 3 is 2.62 bits per heavy atom. The molecule has 0 bridgehead atoms. The zero-order valence-electron chi connectivity index (χ0n) is 11.3. The van der Waals surface area contributed by atoms with Gasteiger partial charge in [0.25, 0.3) is 5.89 Å². The molecule has 0 aliphatic rings. The minimum Gasteiger partial charge on any atom is -0.415 e. The van der Waals surface area contributed by atoms with Crippen molar-refractivity contribution in [3.63, 3.8) is 0 Å². The van der Waals surface area contributed by atoms with Crippen LogP contribution in [-0.4, -0.2) is 28.1 Å². The SMILES string of the molecule is CC(=O)N(C)Cc1ccc(-c2nnc(C(F)F)o2)cc1F. The third-order valence-electron chi connectivity index (χ3n) is 2.87. The van der Waals surface area contributed by atoms with Crippen molar-refractivity contribution in [3.05, 3.63) is 35.5 Å². The van der Waals surface area contributed by atoms with Crippen molar-refractivity contribution in [2.75, 3.05) is 7.05 Å². The van der Waals surface area contributed by atoms with E-state index in [4.69, 9.17) is 4.42 Å². The number of carbonyl (C=O) groups excluding carboxylic acids is 1. The molecule has 1 aromatic heterocycles. The monoisotopic (exact) mass is 299 g/mol. The summed E-state index contributed by atoms with van der Waals surface area (Å²) in [5, 5.41) is 6.61. The number of hydrogen-bond acceptors (Lipinski definition) is 4. The molecule has 0 spiro atoms. The minimum atomic E-state index is -2.88. The van der Waals surface area contributed by atoms with Gasteiger partial charge in [-0.1, -0.05) is 6.07 Å². The third-order valence-corrected chi connectivity index (χ3v) is 2.87. The lowest BCUT2D eigenvalue weighted by Crippen LogP contribution is -2.23. The van der Waals surface area contributed by atoms with Crippen molar-refractivity contribution >= 4 is 5.91 Å². The molecule has 0 aliphatic heterocycles.